The molecule has 5 N–H and O–H groups in total. The predicted octanol–water partition coefficient (Wildman–Crippen LogP) is -0.482. The van der Waals surface area contributed by atoms with E-state index in [0.29, 0.717) is 25.0 Å². The summed E-state index contributed by atoms with van der Waals surface area (Å²) in [5.41, 5.74) is 10.9. The smallest absolute Gasteiger partial charge is 0.0313 e. The molecule has 0 atom stereocenters. The van der Waals surface area contributed by atoms with Crippen molar-refractivity contribution < 1.29 is 0 Å². The SMILES string of the molecule is CC(C)CNC(CN)CN. The highest BCUT2D eigenvalue weighted by Gasteiger charge is 2.02. The number of hydrogen-bond acceptors (Lipinski definition) is 3. The summed E-state index contributed by atoms with van der Waals surface area (Å²) in [5.74, 6) is 0.667. The fourth-order valence-corrected chi connectivity index (χ4v) is 0.665. The molecule has 0 aliphatic carbocycles. The van der Waals surface area contributed by atoms with Crippen LogP contribution in [-0.2, 0) is 0 Å². The number of nitrogens with two attached hydrogens (primary N) is 2. The van der Waals surface area contributed by atoms with Crippen LogP contribution in [0.5, 0.6) is 0 Å². The van der Waals surface area contributed by atoms with Gasteiger partial charge in [0.2, 0.25) is 0 Å². The Labute approximate surface area is 63.2 Å². The largest absolute Gasteiger partial charge is 0.329 e. The summed E-state index contributed by atoms with van der Waals surface area (Å²) in [4.78, 5) is 0. The van der Waals surface area contributed by atoms with Crippen LogP contribution in [0.1, 0.15) is 13.8 Å². The lowest BCUT2D eigenvalue weighted by Gasteiger charge is -2.15. The lowest BCUT2D eigenvalue weighted by Crippen LogP contribution is -2.43. The molecule has 0 unspecified atom stereocenters. The molecule has 10 heavy (non-hydrogen) atoms. The average molecular weight is 145 g/mol. The third kappa shape index (κ3) is 4.73. The molecule has 0 aromatic carbocycles. The van der Waals surface area contributed by atoms with E-state index in [1.165, 1.54) is 0 Å². The van der Waals surface area contributed by atoms with Crippen LogP contribution in [0.2, 0.25) is 0 Å². The zero-order valence-electron chi connectivity index (χ0n) is 6.93. The molecule has 0 radical (unpaired) electrons. The highest BCUT2D eigenvalue weighted by atomic mass is 14.9. The van der Waals surface area contributed by atoms with Gasteiger partial charge in [0, 0.05) is 19.1 Å². The Balaban J connectivity index is 3.26. The molecule has 0 aromatic rings. The molecular formula is C7H19N3. The first-order valence-electron chi connectivity index (χ1n) is 3.84. The standard InChI is InChI=1S/C7H19N3/c1-6(2)5-10-7(3-8)4-9/h6-7,10H,3-5,8-9H2,1-2H3. The minimum absolute atomic E-state index is 0.294. The van der Waals surface area contributed by atoms with Crippen molar-refractivity contribution in [2.24, 2.45) is 17.4 Å². The van der Waals surface area contributed by atoms with Gasteiger partial charge in [-0.3, -0.25) is 0 Å². The average Bonchev–Trinajstić information content (AvgIpc) is 1.90. The fourth-order valence-electron chi connectivity index (χ4n) is 0.665. The first kappa shape index (κ1) is 9.88. The minimum Gasteiger partial charge on any atom is -0.329 e. The van der Waals surface area contributed by atoms with Gasteiger partial charge < -0.3 is 16.8 Å². The molecule has 3 heteroatoms. The van der Waals surface area contributed by atoms with E-state index in [1.54, 1.807) is 0 Å². The third-order valence-electron chi connectivity index (χ3n) is 1.38. The molecule has 3 nitrogen and oxygen atoms in total. The second kappa shape index (κ2) is 5.65. The summed E-state index contributed by atoms with van der Waals surface area (Å²) in [6.45, 7) is 6.58. The first-order valence-corrected chi connectivity index (χ1v) is 3.84. The van der Waals surface area contributed by atoms with Crippen molar-refractivity contribution in [2.75, 3.05) is 19.6 Å². The molecule has 0 aromatic heterocycles. The van der Waals surface area contributed by atoms with Crippen molar-refractivity contribution in [3.63, 3.8) is 0 Å². The van der Waals surface area contributed by atoms with Crippen LogP contribution in [0.25, 0.3) is 0 Å². The fraction of sp³-hybridized carbons (Fsp3) is 1.00. The van der Waals surface area contributed by atoms with Crippen molar-refractivity contribution >= 4 is 0 Å². The molecule has 0 rings (SSSR count). The van der Waals surface area contributed by atoms with Crippen molar-refractivity contribution in [1.82, 2.24) is 5.32 Å². The quantitative estimate of drug-likeness (QED) is 0.489. The van der Waals surface area contributed by atoms with Gasteiger partial charge >= 0.3 is 0 Å². The van der Waals surface area contributed by atoms with Crippen LogP contribution in [0, 0.1) is 5.92 Å². The lowest BCUT2D eigenvalue weighted by atomic mass is 10.2. The molecule has 0 spiro atoms. The zero-order chi connectivity index (χ0) is 7.98. The van der Waals surface area contributed by atoms with E-state index in [1.807, 2.05) is 0 Å². The topological polar surface area (TPSA) is 64.1 Å². The molecule has 0 aliphatic heterocycles. The second-order valence-corrected chi connectivity index (χ2v) is 2.97. The molecular weight excluding hydrogens is 126 g/mol. The van der Waals surface area contributed by atoms with Gasteiger partial charge in [-0.05, 0) is 12.5 Å². The molecule has 0 fully saturated rings. The van der Waals surface area contributed by atoms with Crippen LogP contribution in [0.3, 0.4) is 0 Å². The molecule has 0 aliphatic rings. The monoisotopic (exact) mass is 145 g/mol. The molecule has 0 saturated carbocycles. The Hall–Kier alpha value is -0.120. The maximum atomic E-state index is 5.43. The Bertz CT molecular complexity index is 69.3. The lowest BCUT2D eigenvalue weighted by molar-refractivity contribution is 0.472. The summed E-state index contributed by atoms with van der Waals surface area (Å²) >= 11 is 0. The van der Waals surface area contributed by atoms with Crippen LogP contribution >= 0.6 is 0 Å². The van der Waals surface area contributed by atoms with E-state index in [2.05, 4.69) is 19.2 Å². The van der Waals surface area contributed by atoms with Gasteiger partial charge in [0.15, 0.2) is 0 Å². The number of rotatable bonds is 5. The van der Waals surface area contributed by atoms with E-state index >= 15 is 0 Å². The Kier molecular flexibility index (Phi) is 5.58. The van der Waals surface area contributed by atoms with Crippen molar-refractivity contribution in [1.29, 1.82) is 0 Å². The highest BCUT2D eigenvalue weighted by Crippen LogP contribution is 1.88. The van der Waals surface area contributed by atoms with Crippen LogP contribution in [0.15, 0.2) is 0 Å². The predicted molar refractivity (Wildman–Crippen MR) is 44.7 cm³/mol. The molecule has 62 valence electrons. The van der Waals surface area contributed by atoms with Crippen molar-refractivity contribution in [3.8, 4) is 0 Å². The van der Waals surface area contributed by atoms with Gasteiger partial charge in [0.05, 0.1) is 0 Å². The molecule has 0 amide bonds. The van der Waals surface area contributed by atoms with Crippen LogP contribution < -0.4 is 16.8 Å². The van der Waals surface area contributed by atoms with Gasteiger partial charge in [-0.1, -0.05) is 13.8 Å². The number of nitrogens with one attached hydrogen (secondary N) is 1. The summed E-state index contributed by atoms with van der Waals surface area (Å²) in [5, 5.41) is 3.27. The van der Waals surface area contributed by atoms with E-state index in [0.717, 1.165) is 6.54 Å². The van der Waals surface area contributed by atoms with Gasteiger partial charge in [0.1, 0.15) is 0 Å². The second-order valence-electron chi connectivity index (χ2n) is 2.97. The summed E-state index contributed by atoms with van der Waals surface area (Å²) in [7, 11) is 0. The van der Waals surface area contributed by atoms with Crippen molar-refractivity contribution in [3.05, 3.63) is 0 Å². The Morgan fingerprint density at radius 1 is 1.20 bits per heavy atom. The van der Waals surface area contributed by atoms with Gasteiger partial charge in [-0.25, -0.2) is 0 Å². The normalized spacial score (nSPS) is 11.4. The minimum atomic E-state index is 0.294. The van der Waals surface area contributed by atoms with E-state index < -0.39 is 0 Å². The van der Waals surface area contributed by atoms with Gasteiger partial charge in [0.25, 0.3) is 0 Å². The maximum Gasteiger partial charge on any atom is 0.0313 e. The van der Waals surface area contributed by atoms with Gasteiger partial charge in [-0.15, -0.1) is 0 Å². The number of hydrogen-bond donors (Lipinski definition) is 3. The molecule has 0 heterocycles. The molecule has 0 bridgehead atoms. The first-order chi connectivity index (χ1) is 4.70. The summed E-state index contributed by atoms with van der Waals surface area (Å²) in [6, 6.07) is 0.294. The van der Waals surface area contributed by atoms with E-state index in [4.69, 9.17) is 11.5 Å². The third-order valence-corrected chi connectivity index (χ3v) is 1.38. The van der Waals surface area contributed by atoms with Crippen LogP contribution in [0.4, 0.5) is 0 Å². The van der Waals surface area contributed by atoms with E-state index in [-0.39, 0.29) is 0 Å². The van der Waals surface area contributed by atoms with Gasteiger partial charge in [-0.2, -0.15) is 0 Å². The Morgan fingerprint density at radius 3 is 2.00 bits per heavy atom. The highest BCUT2D eigenvalue weighted by molar-refractivity contribution is 4.68. The zero-order valence-corrected chi connectivity index (χ0v) is 6.93. The van der Waals surface area contributed by atoms with E-state index in [9.17, 15) is 0 Å². The summed E-state index contributed by atoms with van der Waals surface area (Å²) < 4.78 is 0. The molecule has 0 saturated heterocycles. The maximum absolute atomic E-state index is 5.43. The van der Waals surface area contributed by atoms with Crippen molar-refractivity contribution in [2.45, 2.75) is 19.9 Å². The van der Waals surface area contributed by atoms with Crippen LogP contribution in [-0.4, -0.2) is 25.7 Å². The Morgan fingerprint density at radius 2 is 1.70 bits per heavy atom. The summed E-state index contributed by atoms with van der Waals surface area (Å²) in [6.07, 6.45) is 0.